The molecule has 0 bridgehead atoms. The van der Waals surface area contributed by atoms with Crippen LogP contribution in [0.15, 0.2) is 30.6 Å². The Hall–Kier alpha value is -2.21. The summed E-state index contributed by atoms with van der Waals surface area (Å²) in [5.74, 6) is 0.259. The normalized spacial score (nSPS) is 22.4. The molecule has 1 amide bonds. The van der Waals surface area contributed by atoms with E-state index in [1.807, 2.05) is 29.4 Å². The summed E-state index contributed by atoms with van der Waals surface area (Å²) < 4.78 is 0. The fourth-order valence-corrected chi connectivity index (χ4v) is 4.08. The first kappa shape index (κ1) is 16.3. The number of aromatic nitrogens is 3. The topological polar surface area (TPSA) is 65.1 Å². The van der Waals surface area contributed by atoms with Gasteiger partial charge in [-0.3, -0.25) is 19.8 Å². The SMILES string of the molecule is C[C@H](c1ccccn1)N1CCN(C(=O)[C@@H]2CCCc3[nH]ncc32)CC1. The van der Waals surface area contributed by atoms with E-state index in [9.17, 15) is 4.79 Å². The van der Waals surface area contributed by atoms with Gasteiger partial charge in [-0.05, 0) is 38.3 Å². The van der Waals surface area contributed by atoms with Crippen LogP contribution in [0.1, 0.15) is 48.7 Å². The highest BCUT2D eigenvalue weighted by Gasteiger charge is 2.33. The maximum atomic E-state index is 13.0. The number of amides is 1. The van der Waals surface area contributed by atoms with Crippen LogP contribution in [0.2, 0.25) is 0 Å². The van der Waals surface area contributed by atoms with E-state index >= 15 is 0 Å². The average molecular weight is 339 g/mol. The molecule has 1 fully saturated rings. The van der Waals surface area contributed by atoms with Gasteiger partial charge in [-0.25, -0.2) is 0 Å². The summed E-state index contributed by atoms with van der Waals surface area (Å²) in [7, 11) is 0. The first-order valence-corrected chi connectivity index (χ1v) is 9.20. The van der Waals surface area contributed by atoms with Crippen LogP contribution in [0.4, 0.5) is 0 Å². The molecule has 0 aromatic carbocycles. The van der Waals surface area contributed by atoms with Gasteiger partial charge in [0, 0.05) is 49.7 Å². The van der Waals surface area contributed by atoms with Crippen LogP contribution in [0, 0.1) is 0 Å². The number of carbonyl (C=O) groups excluding carboxylic acids is 1. The third-order valence-corrected chi connectivity index (χ3v) is 5.63. The average Bonchev–Trinajstić information content (AvgIpc) is 3.16. The van der Waals surface area contributed by atoms with Crippen molar-refractivity contribution < 1.29 is 4.79 Å². The molecule has 132 valence electrons. The van der Waals surface area contributed by atoms with E-state index in [0.717, 1.165) is 62.4 Å². The molecule has 2 aliphatic rings. The Labute approximate surface area is 148 Å². The van der Waals surface area contributed by atoms with Crippen LogP contribution >= 0.6 is 0 Å². The van der Waals surface area contributed by atoms with Gasteiger partial charge < -0.3 is 4.90 Å². The minimum absolute atomic E-state index is 0.0118. The Kier molecular flexibility index (Phi) is 4.53. The number of pyridine rings is 1. The Morgan fingerprint density at radius 3 is 2.88 bits per heavy atom. The van der Waals surface area contributed by atoms with E-state index in [0.29, 0.717) is 0 Å². The molecule has 6 heteroatoms. The summed E-state index contributed by atoms with van der Waals surface area (Å²) in [5.41, 5.74) is 3.35. The van der Waals surface area contributed by atoms with Crippen molar-refractivity contribution in [3.05, 3.63) is 47.5 Å². The quantitative estimate of drug-likeness (QED) is 0.930. The smallest absolute Gasteiger partial charge is 0.230 e. The van der Waals surface area contributed by atoms with E-state index in [2.05, 4.69) is 33.1 Å². The number of aromatic amines is 1. The van der Waals surface area contributed by atoms with Crippen molar-refractivity contribution in [2.75, 3.05) is 26.2 Å². The van der Waals surface area contributed by atoms with E-state index in [4.69, 9.17) is 0 Å². The molecule has 2 atom stereocenters. The van der Waals surface area contributed by atoms with Crippen LogP contribution in [-0.4, -0.2) is 57.1 Å². The molecule has 2 aromatic heterocycles. The molecule has 4 rings (SSSR count). The number of piperazine rings is 1. The predicted octanol–water partition coefficient (Wildman–Crippen LogP) is 2.13. The Morgan fingerprint density at radius 1 is 1.28 bits per heavy atom. The zero-order valence-corrected chi connectivity index (χ0v) is 14.7. The highest BCUT2D eigenvalue weighted by atomic mass is 16.2. The zero-order valence-electron chi connectivity index (χ0n) is 14.7. The third kappa shape index (κ3) is 3.18. The van der Waals surface area contributed by atoms with Gasteiger partial charge in [-0.1, -0.05) is 6.07 Å². The molecule has 0 radical (unpaired) electrons. The Bertz CT molecular complexity index is 720. The summed E-state index contributed by atoms with van der Waals surface area (Å²) in [5, 5.41) is 7.19. The fraction of sp³-hybridized carbons (Fsp3) is 0.526. The Morgan fingerprint density at radius 2 is 2.12 bits per heavy atom. The van der Waals surface area contributed by atoms with Crippen molar-refractivity contribution in [2.24, 2.45) is 0 Å². The van der Waals surface area contributed by atoms with E-state index in [1.165, 1.54) is 0 Å². The maximum Gasteiger partial charge on any atom is 0.230 e. The number of aryl methyl sites for hydroxylation is 1. The molecular formula is C19H25N5O. The fourth-order valence-electron chi connectivity index (χ4n) is 4.08. The molecule has 0 saturated carbocycles. The van der Waals surface area contributed by atoms with E-state index in [1.54, 1.807) is 0 Å². The minimum atomic E-state index is -0.0118. The van der Waals surface area contributed by atoms with E-state index in [-0.39, 0.29) is 17.9 Å². The van der Waals surface area contributed by atoms with Crippen LogP contribution < -0.4 is 0 Å². The van der Waals surface area contributed by atoms with Gasteiger partial charge in [0.05, 0.1) is 17.8 Å². The van der Waals surface area contributed by atoms with Gasteiger partial charge >= 0.3 is 0 Å². The number of nitrogens with one attached hydrogen (secondary N) is 1. The minimum Gasteiger partial charge on any atom is -0.340 e. The number of fused-ring (bicyclic) bond motifs is 1. The molecule has 2 aromatic rings. The second kappa shape index (κ2) is 6.96. The van der Waals surface area contributed by atoms with Gasteiger partial charge in [-0.2, -0.15) is 5.10 Å². The summed E-state index contributed by atoms with van der Waals surface area (Å²) >= 11 is 0. The number of carbonyl (C=O) groups is 1. The molecular weight excluding hydrogens is 314 g/mol. The standard InChI is InChI=1S/C19H25N5O/c1-14(17-6-2-3-8-20-17)23-9-11-24(12-10-23)19(25)15-5-4-7-18-16(15)13-21-22-18/h2-3,6,8,13-15H,4-5,7,9-12H2,1H3,(H,21,22)/t14-,15-/m1/s1. The van der Waals surface area contributed by atoms with Crippen LogP contribution in [0.25, 0.3) is 0 Å². The lowest BCUT2D eigenvalue weighted by atomic mass is 9.86. The number of H-pyrrole nitrogens is 1. The van der Waals surface area contributed by atoms with Gasteiger partial charge in [0.2, 0.25) is 5.91 Å². The van der Waals surface area contributed by atoms with E-state index < -0.39 is 0 Å². The molecule has 0 spiro atoms. The summed E-state index contributed by atoms with van der Waals surface area (Å²) in [6, 6.07) is 6.34. The summed E-state index contributed by atoms with van der Waals surface area (Å²) in [6.07, 6.45) is 6.69. The summed E-state index contributed by atoms with van der Waals surface area (Å²) in [6.45, 7) is 5.57. The molecule has 6 nitrogen and oxygen atoms in total. The van der Waals surface area contributed by atoms with Crippen molar-refractivity contribution in [1.82, 2.24) is 25.0 Å². The van der Waals surface area contributed by atoms with Crippen molar-refractivity contribution in [2.45, 2.75) is 38.1 Å². The lowest BCUT2D eigenvalue weighted by molar-refractivity contribution is -0.135. The van der Waals surface area contributed by atoms with Crippen molar-refractivity contribution in [3.8, 4) is 0 Å². The highest BCUT2D eigenvalue weighted by Crippen LogP contribution is 2.32. The van der Waals surface area contributed by atoms with Gasteiger partial charge in [0.25, 0.3) is 0 Å². The van der Waals surface area contributed by atoms with Gasteiger partial charge in [-0.15, -0.1) is 0 Å². The third-order valence-electron chi connectivity index (χ3n) is 5.63. The first-order valence-electron chi connectivity index (χ1n) is 9.20. The first-order chi connectivity index (χ1) is 12.2. The van der Waals surface area contributed by atoms with Crippen molar-refractivity contribution in [3.63, 3.8) is 0 Å². The van der Waals surface area contributed by atoms with Gasteiger partial charge in [0.1, 0.15) is 0 Å². The molecule has 3 heterocycles. The predicted molar refractivity (Wildman–Crippen MR) is 95.1 cm³/mol. The number of nitrogens with zero attached hydrogens (tertiary/aromatic N) is 4. The summed E-state index contributed by atoms with van der Waals surface area (Å²) in [4.78, 5) is 21.9. The molecule has 25 heavy (non-hydrogen) atoms. The lowest BCUT2D eigenvalue weighted by Gasteiger charge is -2.39. The Balaban J connectivity index is 1.39. The molecule has 0 unspecified atom stereocenters. The monoisotopic (exact) mass is 339 g/mol. The van der Waals surface area contributed by atoms with Crippen molar-refractivity contribution >= 4 is 5.91 Å². The molecule has 1 N–H and O–H groups in total. The molecule has 1 saturated heterocycles. The lowest BCUT2D eigenvalue weighted by Crippen LogP contribution is -2.50. The van der Waals surface area contributed by atoms with Crippen molar-refractivity contribution in [1.29, 1.82) is 0 Å². The largest absolute Gasteiger partial charge is 0.340 e. The molecule has 1 aliphatic carbocycles. The van der Waals surface area contributed by atoms with Gasteiger partial charge in [0.15, 0.2) is 0 Å². The number of rotatable bonds is 3. The second-order valence-corrected chi connectivity index (χ2v) is 7.04. The number of hydrogen-bond acceptors (Lipinski definition) is 4. The zero-order chi connectivity index (χ0) is 17.2. The van der Waals surface area contributed by atoms with Crippen LogP contribution in [-0.2, 0) is 11.2 Å². The second-order valence-electron chi connectivity index (χ2n) is 7.04. The molecule has 1 aliphatic heterocycles. The highest BCUT2D eigenvalue weighted by molar-refractivity contribution is 5.84. The number of hydrogen-bond donors (Lipinski definition) is 1. The van der Waals surface area contributed by atoms with Crippen LogP contribution in [0.5, 0.6) is 0 Å². The van der Waals surface area contributed by atoms with Crippen LogP contribution in [0.3, 0.4) is 0 Å². The maximum absolute atomic E-state index is 13.0.